The number of nitrogens with one attached hydrogen (secondary N) is 1. The van der Waals surface area contributed by atoms with Gasteiger partial charge in [0.05, 0.1) is 18.0 Å². The molecule has 0 unspecified atom stereocenters. The SMILES string of the molecule is COCCN(Cc1nnc(-c2cccs2)o1)C(=S)NCCc1ccccc1. The molecular weight excluding hydrogens is 380 g/mol. The van der Waals surface area contributed by atoms with Crippen LogP contribution in [0, 0.1) is 0 Å². The predicted molar refractivity (Wildman–Crippen MR) is 111 cm³/mol. The van der Waals surface area contributed by atoms with Crippen LogP contribution in [0.5, 0.6) is 0 Å². The third kappa shape index (κ3) is 5.85. The molecule has 0 fully saturated rings. The first-order valence-corrected chi connectivity index (χ1v) is 9.97. The lowest BCUT2D eigenvalue weighted by molar-refractivity contribution is 0.170. The molecule has 0 atom stereocenters. The van der Waals surface area contributed by atoms with E-state index in [0.29, 0.717) is 36.6 Å². The van der Waals surface area contributed by atoms with Gasteiger partial charge in [0.2, 0.25) is 5.89 Å². The Balaban J connectivity index is 1.56. The van der Waals surface area contributed by atoms with Crippen LogP contribution in [0.1, 0.15) is 11.5 Å². The Morgan fingerprint density at radius 3 is 2.81 bits per heavy atom. The number of aromatic nitrogens is 2. The summed E-state index contributed by atoms with van der Waals surface area (Å²) in [5.74, 6) is 1.07. The van der Waals surface area contributed by atoms with Crippen LogP contribution in [0.3, 0.4) is 0 Å². The third-order valence-corrected chi connectivity index (χ3v) is 5.17. The van der Waals surface area contributed by atoms with Gasteiger partial charge in [-0.25, -0.2) is 0 Å². The Labute approximate surface area is 168 Å². The van der Waals surface area contributed by atoms with E-state index in [9.17, 15) is 0 Å². The second-order valence-corrected chi connectivity index (χ2v) is 7.19. The van der Waals surface area contributed by atoms with Crippen molar-refractivity contribution in [3.8, 4) is 10.8 Å². The van der Waals surface area contributed by atoms with Gasteiger partial charge < -0.3 is 19.4 Å². The molecule has 3 rings (SSSR count). The first kappa shape index (κ1) is 19.5. The Hall–Kier alpha value is -2.29. The van der Waals surface area contributed by atoms with Crippen LogP contribution in [-0.2, 0) is 17.7 Å². The lowest BCUT2D eigenvalue weighted by atomic mass is 10.1. The summed E-state index contributed by atoms with van der Waals surface area (Å²) >= 11 is 7.13. The summed E-state index contributed by atoms with van der Waals surface area (Å²) in [5, 5.41) is 14.2. The van der Waals surface area contributed by atoms with Crippen molar-refractivity contribution in [2.24, 2.45) is 0 Å². The molecule has 0 radical (unpaired) electrons. The van der Waals surface area contributed by atoms with E-state index in [-0.39, 0.29) is 0 Å². The maximum absolute atomic E-state index is 5.78. The number of nitrogens with zero attached hydrogens (tertiary/aromatic N) is 3. The van der Waals surface area contributed by atoms with Crippen molar-refractivity contribution in [1.82, 2.24) is 20.4 Å². The number of hydrogen-bond acceptors (Lipinski definition) is 6. The van der Waals surface area contributed by atoms with E-state index in [4.69, 9.17) is 21.4 Å². The summed E-state index contributed by atoms with van der Waals surface area (Å²) < 4.78 is 11.0. The molecule has 0 aliphatic heterocycles. The van der Waals surface area contributed by atoms with Crippen LogP contribution in [-0.4, -0.2) is 47.0 Å². The molecular formula is C19H22N4O2S2. The normalized spacial score (nSPS) is 10.7. The van der Waals surface area contributed by atoms with Crippen LogP contribution in [0.2, 0.25) is 0 Å². The second kappa shape index (κ2) is 10.1. The fraction of sp³-hybridized carbons (Fsp3) is 0.316. The molecule has 2 aromatic heterocycles. The molecule has 1 N–H and O–H groups in total. The molecule has 1 aromatic carbocycles. The number of hydrogen-bond donors (Lipinski definition) is 1. The number of methoxy groups -OCH3 is 1. The highest BCUT2D eigenvalue weighted by molar-refractivity contribution is 7.80. The summed E-state index contributed by atoms with van der Waals surface area (Å²) in [6.07, 6.45) is 0.905. The Morgan fingerprint density at radius 1 is 1.22 bits per heavy atom. The molecule has 142 valence electrons. The topological polar surface area (TPSA) is 63.4 Å². The van der Waals surface area contributed by atoms with Crippen LogP contribution in [0.15, 0.2) is 52.3 Å². The second-order valence-electron chi connectivity index (χ2n) is 5.86. The van der Waals surface area contributed by atoms with E-state index in [1.165, 1.54) is 5.56 Å². The number of thiocarbonyl (C=S) groups is 1. The number of rotatable bonds is 9. The zero-order valence-electron chi connectivity index (χ0n) is 15.1. The molecule has 27 heavy (non-hydrogen) atoms. The fourth-order valence-electron chi connectivity index (χ4n) is 2.50. The molecule has 0 aliphatic carbocycles. The minimum Gasteiger partial charge on any atom is -0.418 e. The van der Waals surface area contributed by atoms with Crippen LogP contribution < -0.4 is 5.32 Å². The van der Waals surface area contributed by atoms with Gasteiger partial charge in [0.15, 0.2) is 5.11 Å². The van der Waals surface area contributed by atoms with E-state index >= 15 is 0 Å². The summed E-state index contributed by atoms with van der Waals surface area (Å²) in [6, 6.07) is 14.2. The molecule has 3 aromatic rings. The lowest BCUT2D eigenvalue weighted by Gasteiger charge is -2.24. The van der Waals surface area contributed by atoms with E-state index < -0.39 is 0 Å². The van der Waals surface area contributed by atoms with Crippen LogP contribution >= 0.6 is 23.6 Å². The van der Waals surface area contributed by atoms with Gasteiger partial charge in [0, 0.05) is 20.2 Å². The highest BCUT2D eigenvalue weighted by atomic mass is 32.1. The van der Waals surface area contributed by atoms with Gasteiger partial charge in [-0.2, -0.15) is 0 Å². The highest BCUT2D eigenvalue weighted by Crippen LogP contribution is 2.23. The Kier molecular flexibility index (Phi) is 7.32. The zero-order valence-corrected chi connectivity index (χ0v) is 16.8. The Bertz CT molecular complexity index is 821. The van der Waals surface area contributed by atoms with Gasteiger partial charge in [0.1, 0.15) is 0 Å². The zero-order chi connectivity index (χ0) is 18.9. The van der Waals surface area contributed by atoms with Gasteiger partial charge in [0.25, 0.3) is 5.89 Å². The lowest BCUT2D eigenvalue weighted by Crippen LogP contribution is -2.41. The van der Waals surface area contributed by atoms with E-state index in [0.717, 1.165) is 17.8 Å². The molecule has 0 amide bonds. The number of thiophene rings is 1. The van der Waals surface area contributed by atoms with Crippen molar-refractivity contribution in [1.29, 1.82) is 0 Å². The quantitative estimate of drug-likeness (QED) is 0.551. The highest BCUT2D eigenvalue weighted by Gasteiger charge is 2.15. The average Bonchev–Trinajstić information content (AvgIpc) is 3.37. The third-order valence-electron chi connectivity index (χ3n) is 3.91. The first-order chi connectivity index (χ1) is 13.3. The molecule has 2 heterocycles. The van der Waals surface area contributed by atoms with E-state index in [2.05, 4.69) is 27.6 Å². The van der Waals surface area contributed by atoms with Crippen molar-refractivity contribution in [3.63, 3.8) is 0 Å². The van der Waals surface area contributed by atoms with Gasteiger partial charge in [-0.1, -0.05) is 36.4 Å². The van der Waals surface area contributed by atoms with E-state index in [1.807, 2.05) is 40.6 Å². The minimum atomic E-state index is 0.443. The minimum absolute atomic E-state index is 0.443. The first-order valence-electron chi connectivity index (χ1n) is 8.68. The maximum Gasteiger partial charge on any atom is 0.257 e. The van der Waals surface area contributed by atoms with Crippen molar-refractivity contribution in [2.45, 2.75) is 13.0 Å². The molecule has 0 aliphatic rings. The standard InChI is InChI=1S/C19H22N4O2S2/c1-24-12-11-23(19(26)20-10-9-15-6-3-2-4-7-15)14-17-21-22-18(25-17)16-8-5-13-27-16/h2-8,13H,9-12,14H2,1H3,(H,20,26). The van der Waals surface area contributed by atoms with Crippen molar-refractivity contribution in [3.05, 3.63) is 59.3 Å². The molecule has 0 saturated carbocycles. The van der Waals surface area contributed by atoms with Crippen LogP contribution in [0.25, 0.3) is 10.8 Å². The predicted octanol–water partition coefficient (Wildman–Crippen LogP) is 3.36. The smallest absolute Gasteiger partial charge is 0.257 e. The van der Waals surface area contributed by atoms with Crippen LogP contribution in [0.4, 0.5) is 0 Å². The number of benzene rings is 1. The van der Waals surface area contributed by atoms with Gasteiger partial charge in [-0.3, -0.25) is 0 Å². The van der Waals surface area contributed by atoms with Crippen molar-refractivity contribution in [2.75, 3.05) is 26.8 Å². The fourth-order valence-corrected chi connectivity index (χ4v) is 3.41. The van der Waals surface area contributed by atoms with Crippen molar-refractivity contribution >= 4 is 28.7 Å². The number of ether oxygens (including phenoxy) is 1. The summed E-state index contributed by atoms with van der Waals surface area (Å²) in [5.41, 5.74) is 1.27. The summed E-state index contributed by atoms with van der Waals surface area (Å²) in [7, 11) is 1.67. The Morgan fingerprint density at radius 2 is 2.07 bits per heavy atom. The van der Waals surface area contributed by atoms with Gasteiger partial charge in [-0.05, 0) is 35.6 Å². The molecule has 0 saturated heterocycles. The largest absolute Gasteiger partial charge is 0.418 e. The molecule has 8 heteroatoms. The summed E-state index contributed by atoms with van der Waals surface area (Å²) in [6.45, 7) is 2.41. The maximum atomic E-state index is 5.78. The monoisotopic (exact) mass is 402 g/mol. The molecule has 0 bridgehead atoms. The van der Waals surface area contributed by atoms with Gasteiger partial charge >= 0.3 is 0 Å². The van der Waals surface area contributed by atoms with E-state index in [1.54, 1.807) is 18.4 Å². The molecule has 0 spiro atoms. The van der Waals surface area contributed by atoms with Crippen molar-refractivity contribution < 1.29 is 9.15 Å². The molecule has 6 nitrogen and oxygen atoms in total. The average molecular weight is 403 g/mol. The summed E-state index contributed by atoms with van der Waals surface area (Å²) in [4.78, 5) is 2.94. The van der Waals surface area contributed by atoms with Gasteiger partial charge in [-0.15, -0.1) is 21.5 Å².